The molecule has 11 heteroatoms. The number of aliphatic hydroxyl groups excluding tert-OH is 1. The molecular formula is C15H13F9O2. The first-order valence-corrected chi connectivity index (χ1v) is 7.28. The van der Waals surface area contributed by atoms with Crippen LogP contribution < -0.4 is 4.74 Å². The summed E-state index contributed by atoms with van der Waals surface area (Å²) in [4.78, 5) is 0. The standard InChI is InChI=1S/C15H13F9O2/c1-2-26-9-5-3-8(4-6-9)10(25)7-11(16)12(17,18)14(21,22)15(23,24)13(11,19)20/h3-6,10,25H,2,7H2,1H3. The van der Waals surface area contributed by atoms with Crippen LogP contribution in [0, 0.1) is 0 Å². The van der Waals surface area contributed by atoms with Gasteiger partial charge >= 0.3 is 23.7 Å². The van der Waals surface area contributed by atoms with Gasteiger partial charge in [0, 0.05) is 6.42 Å². The van der Waals surface area contributed by atoms with Crippen LogP contribution in [-0.2, 0) is 0 Å². The van der Waals surface area contributed by atoms with E-state index in [0.717, 1.165) is 12.1 Å². The van der Waals surface area contributed by atoms with Gasteiger partial charge in [-0.3, -0.25) is 0 Å². The molecule has 1 unspecified atom stereocenters. The first-order chi connectivity index (χ1) is 11.7. The molecule has 0 radical (unpaired) electrons. The number of alkyl halides is 9. The summed E-state index contributed by atoms with van der Waals surface area (Å²) in [5.41, 5.74) is -6.10. The summed E-state index contributed by atoms with van der Waals surface area (Å²) in [6, 6.07) is 4.28. The summed E-state index contributed by atoms with van der Waals surface area (Å²) in [5, 5.41) is 9.73. The Kier molecular flexibility index (Phi) is 4.71. The van der Waals surface area contributed by atoms with Gasteiger partial charge in [-0.25, -0.2) is 4.39 Å². The van der Waals surface area contributed by atoms with Gasteiger partial charge in [0.1, 0.15) is 5.75 Å². The van der Waals surface area contributed by atoms with Crippen molar-refractivity contribution in [3.8, 4) is 5.75 Å². The van der Waals surface area contributed by atoms with Crippen molar-refractivity contribution in [3.63, 3.8) is 0 Å². The van der Waals surface area contributed by atoms with Crippen LogP contribution in [0.5, 0.6) is 5.75 Å². The Bertz CT molecular complexity index is 632. The molecule has 26 heavy (non-hydrogen) atoms. The SMILES string of the molecule is CCOc1ccc(C(O)CC2(F)C(F)(F)C(F)(F)C(F)(F)C2(F)F)cc1. The van der Waals surface area contributed by atoms with Crippen molar-refractivity contribution in [1.82, 2.24) is 0 Å². The Labute approximate surface area is 141 Å². The summed E-state index contributed by atoms with van der Waals surface area (Å²) in [5.74, 6) is -25.9. The molecule has 0 aromatic heterocycles. The third kappa shape index (κ3) is 2.39. The minimum Gasteiger partial charge on any atom is -0.494 e. The minimum atomic E-state index is -6.64. The van der Waals surface area contributed by atoms with E-state index in [-0.39, 0.29) is 12.4 Å². The van der Waals surface area contributed by atoms with E-state index in [0.29, 0.717) is 0 Å². The monoisotopic (exact) mass is 396 g/mol. The molecule has 1 aliphatic carbocycles. The number of aliphatic hydroxyl groups is 1. The number of halogens is 9. The van der Waals surface area contributed by atoms with Gasteiger partial charge in [-0.05, 0) is 24.6 Å². The fourth-order valence-corrected chi connectivity index (χ4v) is 2.68. The van der Waals surface area contributed by atoms with E-state index in [1.807, 2.05) is 0 Å². The fourth-order valence-electron chi connectivity index (χ4n) is 2.68. The second-order valence-electron chi connectivity index (χ2n) is 5.82. The highest BCUT2D eigenvalue weighted by Crippen LogP contribution is 2.70. The average Bonchev–Trinajstić information content (AvgIpc) is 2.58. The lowest BCUT2D eigenvalue weighted by Crippen LogP contribution is -2.55. The molecule has 148 valence electrons. The normalized spacial score (nSPS) is 25.7. The summed E-state index contributed by atoms with van der Waals surface area (Å²) in [6.45, 7) is 1.86. The lowest BCUT2D eigenvalue weighted by molar-refractivity contribution is -0.303. The smallest absolute Gasteiger partial charge is 0.381 e. The molecule has 0 bridgehead atoms. The Balaban J connectivity index is 2.39. The predicted molar refractivity (Wildman–Crippen MR) is 70.8 cm³/mol. The van der Waals surface area contributed by atoms with Gasteiger partial charge in [-0.2, -0.15) is 35.1 Å². The molecule has 1 atom stereocenters. The van der Waals surface area contributed by atoms with E-state index in [4.69, 9.17) is 4.74 Å². The highest BCUT2D eigenvalue weighted by molar-refractivity contribution is 5.31. The van der Waals surface area contributed by atoms with Gasteiger partial charge in [0.05, 0.1) is 12.7 Å². The molecule has 1 saturated carbocycles. The highest BCUT2D eigenvalue weighted by atomic mass is 19.4. The van der Waals surface area contributed by atoms with Gasteiger partial charge in [0.2, 0.25) is 0 Å². The predicted octanol–water partition coefficient (Wildman–Crippen LogP) is 4.77. The molecule has 1 N–H and O–H groups in total. The molecule has 1 aliphatic rings. The molecule has 1 fully saturated rings. The van der Waals surface area contributed by atoms with Crippen molar-refractivity contribution in [2.24, 2.45) is 0 Å². The van der Waals surface area contributed by atoms with E-state index in [1.165, 1.54) is 12.1 Å². The van der Waals surface area contributed by atoms with Crippen LogP contribution in [-0.4, -0.2) is 41.1 Å². The van der Waals surface area contributed by atoms with Gasteiger partial charge in [-0.1, -0.05) is 12.1 Å². The van der Waals surface area contributed by atoms with E-state index >= 15 is 0 Å². The quantitative estimate of drug-likeness (QED) is 0.727. The molecule has 2 nitrogen and oxygen atoms in total. The summed E-state index contributed by atoms with van der Waals surface area (Å²) in [6.07, 6.45) is -4.84. The van der Waals surface area contributed by atoms with Crippen molar-refractivity contribution in [1.29, 1.82) is 0 Å². The van der Waals surface area contributed by atoms with E-state index in [9.17, 15) is 44.6 Å². The number of hydrogen-bond donors (Lipinski definition) is 1. The maximum absolute atomic E-state index is 14.4. The van der Waals surface area contributed by atoms with Crippen molar-refractivity contribution >= 4 is 0 Å². The molecule has 1 aromatic carbocycles. The Morgan fingerprint density at radius 2 is 1.23 bits per heavy atom. The average molecular weight is 396 g/mol. The second kappa shape index (κ2) is 5.93. The van der Waals surface area contributed by atoms with Crippen LogP contribution in [0.15, 0.2) is 24.3 Å². The number of rotatable bonds is 5. The maximum Gasteiger partial charge on any atom is 0.381 e. The van der Waals surface area contributed by atoms with Crippen LogP contribution in [0.2, 0.25) is 0 Å². The summed E-state index contributed by atoms with van der Waals surface area (Å²) >= 11 is 0. The van der Waals surface area contributed by atoms with Crippen LogP contribution in [0.25, 0.3) is 0 Å². The summed E-state index contributed by atoms with van der Waals surface area (Å²) in [7, 11) is 0. The van der Waals surface area contributed by atoms with E-state index in [1.54, 1.807) is 6.92 Å². The zero-order chi connectivity index (χ0) is 20.2. The van der Waals surface area contributed by atoms with Crippen LogP contribution >= 0.6 is 0 Å². The third-order valence-corrected chi connectivity index (χ3v) is 4.23. The van der Waals surface area contributed by atoms with Gasteiger partial charge < -0.3 is 9.84 Å². The van der Waals surface area contributed by atoms with E-state index < -0.39 is 47.4 Å². The lowest BCUT2D eigenvalue weighted by atomic mass is 9.88. The number of hydrogen-bond acceptors (Lipinski definition) is 2. The Morgan fingerprint density at radius 3 is 1.62 bits per heavy atom. The molecule has 0 saturated heterocycles. The minimum absolute atomic E-state index is 0.230. The molecule has 1 aromatic rings. The van der Waals surface area contributed by atoms with Crippen molar-refractivity contribution in [2.45, 2.75) is 48.8 Å². The molecule has 0 heterocycles. The zero-order valence-corrected chi connectivity index (χ0v) is 13.1. The van der Waals surface area contributed by atoms with Gasteiger partial charge in [0.25, 0.3) is 5.67 Å². The maximum atomic E-state index is 14.4. The second-order valence-corrected chi connectivity index (χ2v) is 5.82. The van der Waals surface area contributed by atoms with Crippen LogP contribution in [0.4, 0.5) is 39.5 Å². The van der Waals surface area contributed by atoms with E-state index in [2.05, 4.69) is 0 Å². The lowest BCUT2D eigenvalue weighted by Gasteiger charge is -2.32. The fraction of sp³-hybridized carbons (Fsp3) is 0.600. The first-order valence-electron chi connectivity index (χ1n) is 7.28. The zero-order valence-electron chi connectivity index (χ0n) is 13.1. The number of ether oxygens (including phenoxy) is 1. The van der Waals surface area contributed by atoms with Crippen molar-refractivity contribution < 1.29 is 49.4 Å². The van der Waals surface area contributed by atoms with Gasteiger partial charge in [0.15, 0.2) is 0 Å². The topological polar surface area (TPSA) is 29.5 Å². The Morgan fingerprint density at radius 1 is 0.808 bits per heavy atom. The van der Waals surface area contributed by atoms with Gasteiger partial charge in [-0.15, -0.1) is 0 Å². The highest BCUT2D eigenvalue weighted by Gasteiger charge is 3.00. The summed E-state index contributed by atoms with van der Waals surface area (Å²) < 4.78 is 126. The Hall–Kier alpha value is -1.65. The van der Waals surface area contributed by atoms with Crippen molar-refractivity contribution in [2.75, 3.05) is 6.61 Å². The molecule has 0 aliphatic heterocycles. The molecular weight excluding hydrogens is 383 g/mol. The van der Waals surface area contributed by atoms with Crippen LogP contribution in [0.3, 0.4) is 0 Å². The number of benzene rings is 1. The molecule has 0 spiro atoms. The third-order valence-electron chi connectivity index (χ3n) is 4.23. The largest absolute Gasteiger partial charge is 0.494 e. The molecule has 0 amide bonds. The molecule has 2 rings (SSSR count). The van der Waals surface area contributed by atoms with Crippen molar-refractivity contribution in [3.05, 3.63) is 29.8 Å². The van der Waals surface area contributed by atoms with Crippen LogP contribution in [0.1, 0.15) is 25.0 Å². The first kappa shape index (κ1) is 20.7.